The fourth-order valence-corrected chi connectivity index (χ4v) is 4.75. The molecule has 1 saturated heterocycles. The van der Waals surface area contributed by atoms with Gasteiger partial charge in [0, 0.05) is 5.56 Å². The number of thioether (sulfide) groups is 1. The molecule has 1 amide bonds. The van der Waals surface area contributed by atoms with Crippen LogP contribution in [0.2, 0.25) is 0 Å². The van der Waals surface area contributed by atoms with Crippen LogP contribution >= 0.6 is 24.0 Å². The van der Waals surface area contributed by atoms with Crippen molar-refractivity contribution in [3.8, 4) is 5.75 Å². The molecule has 3 aromatic carbocycles. The van der Waals surface area contributed by atoms with Gasteiger partial charge in [-0.05, 0) is 35.0 Å². The minimum atomic E-state index is -4.05. The van der Waals surface area contributed by atoms with Gasteiger partial charge >= 0.3 is 10.1 Å². The van der Waals surface area contributed by atoms with E-state index in [2.05, 4.69) is 5.32 Å². The van der Waals surface area contributed by atoms with E-state index in [0.717, 1.165) is 22.5 Å². The molecule has 5 nitrogen and oxygen atoms in total. The summed E-state index contributed by atoms with van der Waals surface area (Å²) < 4.78 is 31.4. The highest BCUT2D eigenvalue weighted by Crippen LogP contribution is 2.31. The predicted molar refractivity (Wildman–Crippen MR) is 115 cm³/mol. The highest BCUT2D eigenvalue weighted by atomic mass is 32.2. The molecule has 4 rings (SSSR count). The van der Waals surface area contributed by atoms with Crippen LogP contribution < -0.4 is 9.50 Å². The van der Waals surface area contributed by atoms with Gasteiger partial charge in [-0.2, -0.15) is 8.42 Å². The summed E-state index contributed by atoms with van der Waals surface area (Å²) in [6.07, 6.45) is 1.56. The molecule has 0 spiro atoms. The largest absolute Gasteiger partial charge is 0.378 e. The Labute approximate surface area is 171 Å². The number of fused-ring (bicyclic) bond motifs is 1. The molecule has 1 aliphatic heterocycles. The molecular weight excluding hydrogens is 414 g/mol. The first-order valence-corrected chi connectivity index (χ1v) is 10.8. The van der Waals surface area contributed by atoms with E-state index in [-0.39, 0.29) is 16.6 Å². The third kappa shape index (κ3) is 3.80. The Kier molecular flexibility index (Phi) is 4.92. The Bertz CT molecular complexity index is 1250. The van der Waals surface area contributed by atoms with Gasteiger partial charge in [-0.25, -0.2) is 0 Å². The number of hydrogen-bond donors (Lipinski definition) is 1. The molecule has 0 saturated carbocycles. The third-order valence-electron chi connectivity index (χ3n) is 4.06. The van der Waals surface area contributed by atoms with Gasteiger partial charge in [0.2, 0.25) is 0 Å². The average molecular weight is 428 g/mol. The van der Waals surface area contributed by atoms with Crippen molar-refractivity contribution in [2.24, 2.45) is 0 Å². The lowest BCUT2D eigenvalue weighted by molar-refractivity contribution is -0.115. The zero-order valence-corrected chi connectivity index (χ0v) is 16.7. The lowest BCUT2D eigenvalue weighted by Crippen LogP contribution is -2.17. The molecule has 1 aliphatic rings. The first-order valence-electron chi connectivity index (χ1n) is 8.19. The quantitative estimate of drug-likeness (QED) is 0.384. The number of thiocarbonyl (C=S) groups is 1. The van der Waals surface area contributed by atoms with E-state index in [1.54, 1.807) is 42.5 Å². The highest BCUT2D eigenvalue weighted by molar-refractivity contribution is 8.26. The number of rotatable bonds is 4. The number of carbonyl (C=O) groups is 1. The van der Waals surface area contributed by atoms with Gasteiger partial charge in [-0.1, -0.05) is 72.5 Å². The Hall–Kier alpha value is -2.68. The monoisotopic (exact) mass is 427 g/mol. The molecule has 0 aromatic heterocycles. The van der Waals surface area contributed by atoms with Crippen LogP contribution in [0.5, 0.6) is 5.75 Å². The molecular formula is C20H13NO4S3. The molecule has 8 heteroatoms. The molecule has 1 heterocycles. The fraction of sp³-hybridized carbons (Fsp3) is 0. The maximum absolute atomic E-state index is 12.8. The van der Waals surface area contributed by atoms with Gasteiger partial charge in [0.25, 0.3) is 5.91 Å². The lowest BCUT2D eigenvalue weighted by atomic mass is 10.1. The van der Waals surface area contributed by atoms with Crippen LogP contribution in [0.25, 0.3) is 16.8 Å². The summed E-state index contributed by atoms with van der Waals surface area (Å²) in [6, 6.07) is 18.9. The summed E-state index contributed by atoms with van der Waals surface area (Å²) >= 11 is 6.10. The lowest BCUT2D eigenvalue weighted by Gasteiger charge is -2.10. The number of para-hydroxylation sites is 1. The van der Waals surface area contributed by atoms with E-state index in [9.17, 15) is 13.2 Å². The minimum Gasteiger partial charge on any atom is -0.378 e. The summed E-state index contributed by atoms with van der Waals surface area (Å²) in [5.41, 5.74) is 0.467. The van der Waals surface area contributed by atoms with Crippen molar-refractivity contribution in [1.82, 2.24) is 5.32 Å². The van der Waals surface area contributed by atoms with Gasteiger partial charge in [0.05, 0.1) is 4.91 Å². The highest BCUT2D eigenvalue weighted by Gasteiger charge is 2.23. The molecule has 0 unspecified atom stereocenters. The molecule has 0 radical (unpaired) electrons. The summed E-state index contributed by atoms with van der Waals surface area (Å²) in [4.78, 5) is 12.3. The van der Waals surface area contributed by atoms with Gasteiger partial charge in [-0.15, -0.1) is 0 Å². The zero-order chi connectivity index (χ0) is 19.7. The maximum Gasteiger partial charge on any atom is 0.339 e. The molecule has 0 atom stereocenters. The van der Waals surface area contributed by atoms with Crippen molar-refractivity contribution in [2.75, 3.05) is 0 Å². The second kappa shape index (κ2) is 7.38. The van der Waals surface area contributed by atoms with Crippen LogP contribution in [0.15, 0.2) is 76.5 Å². The number of hydrogen-bond acceptors (Lipinski definition) is 6. The van der Waals surface area contributed by atoms with E-state index < -0.39 is 10.1 Å². The molecule has 1 N–H and O–H groups in total. The molecule has 1 fully saturated rings. The smallest absolute Gasteiger partial charge is 0.339 e. The fourth-order valence-electron chi connectivity index (χ4n) is 2.73. The normalized spacial score (nSPS) is 15.8. The number of benzene rings is 3. The van der Waals surface area contributed by atoms with E-state index in [1.807, 2.05) is 24.3 Å². The number of nitrogens with one attached hydrogen (secondary N) is 1. The second-order valence-corrected chi connectivity index (χ2v) is 9.20. The first-order chi connectivity index (χ1) is 13.4. The van der Waals surface area contributed by atoms with Gasteiger partial charge in [0.1, 0.15) is 15.0 Å². The summed E-state index contributed by atoms with van der Waals surface area (Å²) in [7, 11) is -4.05. The van der Waals surface area contributed by atoms with Crippen LogP contribution in [0.3, 0.4) is 0 Å². The Morgan fingerprint density at radius 1 is 0.964 bits per heavy atom. The Balaban J connectivity index is 1.69. The standard InChI is InChI=1S/C20H13NO4S3/c22-19-18(27-20(26)21-19)12-15-7-3-4-8-17(15)25-28(23,24)16-10-9-13-5-1-2-6-14(13)11-16/h1-12H,(H,21,22,26). The van der Waals surface area contributed by atoms with Gasteiger partial charge in [0.15, 0.2) is 0 Å². The van der Waals surface area contributed by atoms with E-state index in [0.29, 0.717) is 14.8 Å². The third-order valence-corrected chi connectivity index (χ3v) is 6.45. The van der Waals surface area contributed by atoms with Crippen LogP contribution in [0.4, 0.5) is 0 Å². The molecule has 140 valence electrons. The van der Waals surface area contributed by atoms with Gasteiger partial charge in [-0.3, -0.25) is 4.79 Å². The number of amides is 1. The van der Waals surface area contributed by atoms with Crippen molar-refractivity contribution < 1.29 is 17.4 Å². The first kappa shape index (κ1) is 18.7. The van der Waals surface area contributed by atoms with Crippen molar-refractivity contribution in [3.05, 3.63) is 77.2 Å². The predicted octanol–water partition coefficient (Wildman–Crippen LogP) is 4.10. The van der Waals surface area contributed by atoms with Crippen LogP contribution in [0, 0.1) is 0 Å². The molecule has 3 aromatic rings. The van der Waals surface area contributed by atoms with Crippen molar-refractivity contribution >= 4 is 61.2 Å². The topological polar surface area (TPSA) is 72.5 Å². The molecule has 0 bridgehead atoms. The molecule has 28 heavy (non-hydrogen) atoms. The Morgan fingerprint density at radius 2 is 1.68 bits per heavy atom. The number of carbonyl (C=O) groups excluding carboxylic acids is 1. The summed E-state index contributed by atoms with van der Waals surface area (Å²) in [5, 5.41) is 4.26. The Morgan fingerprint density at radius 3 is 2.43 bits per heavy atom. The van der Waals surface area contributed by atoms with Crippen LogP contribution in [0.1, 0.15) is 5.56 Å². The molecule has 0 aliphatic carbocycles. The second-order valence-electron chi connectivity index (χ2n) is 5.94. The van der Waals surface area contributed by atoms with E-state index >= 15 is 0 Å². The van der Waals surface area contributed by atoms with Crippen molar-refractivity contribution in [1.29, 1.82) is 0 Å². The summed E-state index contributed by atoms with van der Waals surface area (Å²) in [6.45, 7) is 0. The maximum atomic E-state index is 12.8. The van der Waals surface area contributed by atoms with Crippen molar-refractivity contribution in [2.45, 2.75) is 4.90 Å². The van der Waals surface area contributed by atoms with E-state index in [1.165, 1.54) is 6.07 Å². The summed E-state index contributed by atoms with van der Waals surface area (Å²) in [5.74, 6) is -0.184. The average Bonchev–Trinajstić information content (AvgIpc) is 2.99. The van der Waals surface area contributed by atoms with Crippen LogP contribution in [-0.2, 0) is 14.9 Å². The van der Waals surface area contributed by atoms with Crippen molar-refractivity contribution in [3.63, 3.8) is 0 Å². The van der Waals surface area contributed by atoms with E-state index in [4.69, 9.17) is 16.4 Å². The minimum absolute atomic E-state index is 0.0582. The SMILES string of the molecule is O=C1NC(=S)SC1=Cc1ccccc1OS(=O)(=O)c1ccc2ccccc2c1. The van der Waals surface area contributed by atoms with Gasteiger partial charge < -0.3 is 9.50 Å². The van der Waals surface area contributed by atoms with Crippen LogP contribution in [-0.4, -0.2) is 18.6 Å². The zero-order valence-electron chi connectivity index (χ0n) is 14.3.